The van der Waals surface area contributed by atoms with Gasteiger partial charge in [0.2, 0.25) is 0 Å². The third kappa shape index (κ3) is 4.25. The van der Waals surface area contributed by atoms with E-state index >= 15 is 0 Å². The molecule has 5 heteroatoms. The number of hydrogen-bond donors (Lipinski definition) is 0. The molecule has 140 valence electrons. The first-order valence-corrected chi connectivity index (χ1v) is 9.56. The minimum Gasteiger partial charge on any atom is -0.297 e. The molecule has 1 aromatic carbocycles. The Morgan fingerprint density at radius 3 is 2.56 bits per heavy atom. The second-order valence-corrected chi connectivity index (χ2v) is 7.36. The number of hydrogen-bond acceptors (Lipinski definition) is 3. The zero-order chi connectivity index (χ0) is 18.6. The van der Waals surface area contributed by atoms with Gasteiger partial charge in [0, 0.05) is 44.0 Å². The zero-order valence-electron chi connectivity index (χ0n) is 15.7. The number of piperidine rings is 1. The van der Waals surface area contributed by atoms with Crippen LogP contribution in [0.2, 0.25) is 0 Å². The Bertz CT molecular complexity index is 879. The van der Waals surface area contributed by atoms with Crippen molar-refractivity contribution in [2.24, 2.45) is 7.05 Å². The molecule has 2 aromatic heterocycles. The van der Waals surface area contributed by atoms with Gasteiger partial charge in [-0.2, -0.15) is 5.10 Å². The highest BCUT2D eigenvalue weighted by Gasteiger charge is 2.22. The third-order valence-electron chi connectivity index (χ3n) is 5.51. The number of nitrogens with zero attached hydrogens (tertiary/aromatic N) is 4. The summed E-state index contributed by atoms with van der Waals surface area (Å²) in [4.78, 5) is 7.17. The van der Waals surface area contributed by atoms with Crippen LogP contribution in [0, 0.1) is 5.82 Å². The molecule has 1 saturated heterocycles. The number of pyridine rings is 1. The van der Waals surface area contributed by atoms with E-state index in [1.54, 1.807) is 6.07 Å². The predicted molar refractivity (Wildman–Crippen MR) is 104 cm³/mol. The molecule has 0 bridgehead atoms. The average molecular weight is 364 g/mol. The first-order chi connectivity index (χ1) is 13.2. The second kappa shape index (κ2) is 8.01. The summed E-state index contributed by atoms with van der Waals surface area (Å²) in [6.45, 7) is 3.11. The van der Waals surface area contributed by atoms with Crippen molar-refractivity contribution in [3.05, 3.63) is 83.2 Å². The fraction of sp³-hybridized carbons (Fsp3) is 0.364. The topological polar surface area (TPSA) is 34.0 Å². The van der Waals surface area contributed by atoms with E-state index in [2.05, 4.69) is 33.2 Å². The van der Waals surface area contributed by atoms with Crippen molar-refractivity contribution in [2.45, 2.75) is 31.7 Å². The van der Waals surface area contributed by atoms with Crippen LogP contribution < -0.4 is 0 Å². The number of rotatable bonds is 5. The Balaban J connectivity index is 1.33. The van der Waals surface area contributed by atoms with Crippen LogP contribution in [0.25, 0.3) is 0 Å². The number of benzene rings is 1. The molecule has 0 amide bonds. The summed E-state index contributed by atoms with van der Waals surface area (Å²) < 4.78 is 15.8. The van der Waals surface area contributed by atoms with E-state index in [1.807, 2.05) is 36.3 Å². The first kappa shape index (κ1) is 17.9. The van der Waals surface area contributed by atoms with Gasteiger partial charge in [-0.25, -0.2) is 4.39 Å². The van der Waals surface area contributed by atoms with Gasteiger partial charge in [0.15, 0.2) is 0 Å². The van der Waals surface area contributed by atoms with E-state index in [1.165, 1.54) is 11.8 Å². The van der Waals surface area contributed by atoms with Gasteiger partial charge in [-0.05, 0) is 55.3 Å². The molecule has 27 heavy (non-hydrogen) atoms. The molecule has 1 fully saturated rings. The number of aryl methyl sites for hydroxylation is 1. The molecule has 3 aromatic rings. The molecule has 3 heterocycles. The van der Waals surface area contributed by atoms with E-state index in [-0.39, 0.29) is 5.82 Å². The van der Waals surface area contributed by atoms with Crippen molar-refractivity contribution in [2.75, 3.05) is 13.1 Å². The summed E-state index contributed by atoms with van der Waals surface area (Å²) in [7, 11) is 1.99. The molecule has 0 atom stereocenters. The van der Waals surface area contributed by atoms with Crippen molar-refractivity contribution < 1.29 is 4.39 Å². The summed E-state index contributed by atoms with van der Waals surface area (Å²) in [6, 6.07) is 13.2. The molecule has 0 N–H and O–H groups in total. The van der Waals surface area contributed by atoms with Crippen LogP contribution in [-0.4, -0.2) is 32.8 Å². The molecular formula is C22H25FN4. The van der Waals surface area contributed by atoms with Crippen LogP contribution in [0.1, 0.15) is 41.3 Å². The van der Waals surface area contributed by atoms with Gasteiger partial charge >= 0.3 is 0 Å². The maximum Gasteiger partial charge on any atom is 0.126 e. The average Bonchev–Trinajstić information content (AvgIpc) is 3.10. The SMILES string of the molecule is Cn1nccc1CN1CCC(c2ccc(Cc3ccccc3F)cn2)CC1. The van der Waals surface area contributed by atoms with Crippen molar-refractivity contribution in [1.29, 1.82) is 0 Å². The van der Waals surface area contributed by atoms with E-state index < -0.39 is 0 Å². The zero-order valence-corrected chi connectivity index (χ0v) is 15.7. The lowest BCUT2D eigenvalue weighted by molar-refractivity contribution is 0.199. The smallest absolute Gasteiger partial charge is 0.126 e. The molecule has 0 aliphatic carbocycles. The predicted octanol–water partition coefficient (Wildman–Crippen LogP) is 3.92. The summed E-state index contributed by atoms with van der Waals surface area (Å²) in [6.07, 6.45) is 6.59. The lowest BCUT2D eigenvalue weighted by atomic mass is 9.92. The van der Waals surface area contributed by atoms with Gasteiger partial charge in [-0.1, -0.05) is 24.3 Å². The molecule has 4 nitrogen and oxygen atoms in total. The Labute approximate surface area is 159 Å². The molecule has 1 aliphatic heterocycles. The molecule has 0 radical (unpaired) electrons. The quantitative estimate of drug-likeness (QED) is 0.688. The Hall–Kier alpha value is -2.53. The maximum atomic E-state index is 13.8. The lowest BCUT2D eigenvalue weighted by Gasteiger charge is -2.31. The van der Waals surface area contributed by atoms with Crippen LogP contribution >= 0.6 is 0 Å². The summed E-state index contributed by atoms with van der Waals surface area (Å²) in [5.74, 6) is 0.359. The monoisotopic (exact) mass is 364 g/mol. The summed E-state index contributed by atoms with van der Waals surface area (Å²) in [5, 5.41) is 4.24. The van der Waals surface area contributed by atoms with Crippen LogP contribution in [0.5, 0.6) is 0 Å². The minimum atomic E-state index is -0.151. The van der Waals surface area contributed by atoms with Crippen molar-refractivity contribution in [3.8, 4) is 0 Å². The number of halogens is 1. The van der Waals surface area contributed by atoms with E-state index in [0.29, 0.717) is 12.3 Å². The molecule has 0 unspecified atom stereocenters. The Morgan fingerprint density at radius 1 is 1.07 bits per heavy atom. The molecule has 4 rings (SSSR count). The van der Waals surface area contributed by atoms with Gasteiger partial charge in [0.25, 0.3) is 0 Å². The van der Waals surface area contributed by atoms with Gasteiger partial charge in [0.05, 0.1) is 5.69 Å². The fourth-order valence-electron chi connectivity index (χ4n) is 3.82. The van der Waals surface area contributed by atoms with Gasteiger partial charge in [0.1, 0.15) is 5.82 Å². The van der Waals surface area contributed by atoms with Crippen LogP contribution in [0.3, 0.4) is 0 Å². The minimum absolute atomic E-state index is 0.151. The molecule has 1 aliphatic rings. The van der Waals surface area contributed by atoms with E-state index in [9.17, 15) is 4.39 Å². The maximum absolute atomic E-state index is 13.8. The molecular weight excluding hydrogens is 339 g/mol. The van der Waals surface area contributed by atoms with Crippen molar-refractivity contribution in [3.63, 3.8) is 0 Å². The van der Waals surface area contributed by atoms with Crippen molar-refractivity contribution >= 4 is 0 Å². The molecule has 0 spiro atoms. The van der Waals surface area contributed by atoms with Gasteiger partial charge in [-0.3, -0.25) is 14.6 Å². The Morgan fingerprint density at radius 2 is 1.89 bits per heavy atom. The van der Waals surface area contributed by atoms with Crippen LogP contribution in [0.4, 0.5) is 4.39 Å². The van der Waals surface area contributed by atoms with Crippen LogP contribution in [0.15, 0.2) is 54.9 Å². The van der Waals surface area contributed by atoms with E-state index in [4.69, 9.17) is 0 Å². The fourth-order valence-corrected chi connectivity index (χ4v) is 3.82. The highest BCUT2D eigenvalue weighted by atomic mass is 19.1. The third-order valence-corrected chi connectivity index (χ3v) is 5.51. The molecule has 0 saturated carbocycles. The highest BCUT2D eigenvalue weighted by molar-refractivity contribution is 5.27. The number of aromatic nitrogens is 3. The summed E-state index contributed by atoms with van der Waals surface area (Å²) in [5.41, 5.74) is 4.18. The normalized spacial score (nSPS) is 15.9. The highest BCUT2D eigenvalue weighted by Crippen LogP contribution is 2.27. The first-order valence-electron chi connectivity index (χ1n) is 9.56. The largest absolute Gasteiger partial charge is 0.297 e. The number of likely N-dealkylation sites (tertiary alicyclic amines) is 1. The summed E-state index contributed by atoms with van der Waals surface area (Å²) >= 11 is 0. The van der Waals surface area contributed by atoms with Crippen LogP contribution in [-0.2, 0) is 20.0 Å². The lowest BCUT2D eigenvalue weighted by Crippen LogP contribution is -2.33. The second-order valence-electron chi connectivity index (χ2n) is 7.36. The standard InChI is InChI=1S/C22H25FN4/c1-26-20(8-11-25-26)16-27-12-9-18(10-13-27)22-7-6-17(15-24-22)14-19-4-2-3-5-21(19)23/h2-8,11,15,18H,9-10,12-14,16H2,1H3. The van der Waals surface area contributed by atoms with Gasteiger partial charge < -0.3 is 0 Å². The van der Waals surface area contributed by atoms with E-state index in [0.717, 1.165) is 49.3 Å². The van der Waals surface area contributed by atoms with Crippen molar-refractivity contribution in [1.82, 2.24) is 19.7 Å². The van der Waals surface area contributed by atoms with Gasteiger partial charge in [-0.15, -0.1) is 0 Å². The Kier molecular flexibility index (Phi) is 5.30.